The van der Waals surface area contributed by atoms with Gasteiger partial charge in [-0.05, 0) is 6.07 Å². The van der Waals surface area contributed by atoms with Gasteiger partial charge in [-0.1, -0.05) is 0 Å². The SMILES string of the molecule is COc1nc(N)nc2sc(CO)cc12. The lowest BCUT2D eigenvalue weighted by Gasteiger charge is -1.99. The summed E-state index contributed by atoms with van der Waals surface area (Å²) in [4.78, 5) is 9.54. The van der Waals surface area contributed by atoms with Crippen LogP contribution in [0.2, 0.25) is 0 Å². The van der Waals surface area contributed by atoms with Crippen molar-refractivity contribution in [2.24, 2.45) is 0 Å². The number of nitrogen functional groups attached to an aromatic ring is 1. The quantitative estimate of drug-likeness (QED) is 0.767. The zero-order valence-electron chi connectivity index (χ0n) is 7.52. The molecule has 0 spiro atoms. The molecule has 0 unspecified atom stereocenters. The lowest BCUT2D eigenvalue weighted by molar-refractivity contribution is 0.285. The van der Waals surface area contributed by atoms with Crippen LogP contribution >= 0.6 is 11.3 Å². The number of nitrogens with two attached hydrogens (primary N) is 1. The van der Waals surface area contributed by atoms with E-state index in [1.807, 2.05) is 0 Å². The molecule has 0 aliphatic carbocycles. The van der Waals surface area contributed by atoms with E-state index >= 15 is 0 Å². The number of anilines is 1. The summed E-state index contributed by atoms with van der Waals surface area (Å²) in [6.07, 6.45) is 0. The standard InChI is InChI=1S/C8H9N3O2S/c1-13-6-5-2-4(3-12)14-7(5)11-8(9)10-6/h2,12H,3H2,1H3,(H2,9,10,11). The fourth-order valence-electron chi connectivity index (χ4n) is 1.19. The summed E-state index contributed by atoms with van der Waals surface area (Å²) in [7, 11) is 1.53. The summed E-state index contributed by atoms with van der Waals surface area (Å²) in [6.45, 7) is -0.00984. The highest BCUT2D eigenvalue weighted by Crippen LogP contribution is 2.30. The summed E-state index contributed by atoms with van der Waals surface area (Å²) in [5.74, 6) is 0.629. The molecule has 0 atom stereocenters. The number of methoxy groups -OCH3 is 1. The second-order valence-corrected chi connectivity index (χ2v) is 3.80. The summed E-state index contributed by atoms with van der Waals surface area (Å²) < 4.78 is 5.06. The first-order chi connectivity index (χ1) is 6.74. The monoisotopic (exact) mass is 211 g/mol. The van der Waals surface area contributed by atoms with Gasteiger partial charge in [0.1, 0.15) is 4.83 Å². The Morgan fingerprint density at radius 2 is 2.36 bits per heavy atom. The molecule has 0 amide bonds. The minimum atomic E-state index is -0.00984. The molecular weight excluding hydrogens is 202 g/mol. The number of nitrogens with zero attached hydrogens (tertiary/aromatic N) is 2. The molecule has 2 aromatic rings. The molecule has 0 fully saturated rings. The van der Waals surface area contributed by atoms with E-state index in [1.165, 1.54) is 18.4 Å². The molecule has 14 heavy (non-hydrogen) atoms. The zero-order chi connectivity index (χ0) is 10.1. The summed E-state index contributed by atoms with van der Waals surface area (Å²) in [5.41, 5.74) is 5.49. The molecule has 2 rings (SSSR count). The van der Waals surface area contributed by atoms with Gasteiger partial charge in [0.05, 0.1) is 19.1 Å². The summed E-state index contributed by atoms with van der Waals surface area (Å²) >= 11 is 1.38. The first kappa shape index (κ1) is 9.17. The maximum absolute atomic E-state index is 8.96. The smallest absolute Gasteiger partial charge is 0.226 e. The second kappa shape index (κ2) is 3.39. The van der Waals surface area contributed by atoms with Crippen LogP contribution in [-0.2, 0) is 6.61 Å². The largest absolute Gasteiger partial charge is 0.480 e. The van der Waals surface area contributed by atoms with E-state index in [2.05, 4.69) is 9.97 Å². The van der Waals surface area contributed by atoms with Crippen LogP contribution in [0.15, 0.2) is 6.07 Å². The van der Waals surface area contributed by atoms with Crippen molar-refractivity contribution in [1.29, 1.82) is 0 Å². The summed E-state index contributed by atoms with van der Waals surface area (Å²) in [5, 5.41) is 9.75. The van der Waals surface area contributed by atoms with Gasteiger partial charge in [-0.25, -0.2) is 4.98 Å². The van der Waals surface area contributed by atoms with Crippen LogP contribution < -0.4 is 10.5 Å². The maximum Gasteiger partial charge on any atom is 0.226 e. The third kappa shape index (κ3) is 1.38. The normalized spacial score (nSPS) is 10.7. The average Bonchev–Trinajstić information content (AvgIpc) is 2.59. The molecule has 5 nitrogen and oxygen atoms in total. The number of aliphatic hydroxyl groups is 1. The van der Waals surface area contributed by atoms with E-state index in [1.54, 1.807) is 6.07 Å². The number of hydrogen-bond acceptors (Lipinski definition) is 6. The Kier molecular flexibility index (Phi) is 2.22. The third-order valence-corrected chi connectivity index (χ3v) is 2.79. The lowest BCUT2D eigenvalue weighted by atomic mass is 10.3. The number of aromatic nitrogens is 2. The van der Waals surface area contributed by atoms with Crippen LogP contribution in [0.1, 0.15) is 4.88 Å². The highest BCUT2D eigenvalue weighted by molar-refractivity contribution is 7.18. The third-order valence-electron chi connectivity index (χ3n) is 1.78. The molecule has 0 aromatic carbocycles. The number of thiophene rings is 1. The topological polar surface area (TPSA) is 81.3 Å². The van der Waals surface area contributed by atoms with Gasteiger partial charge in [0.15, 0.2) is 0 Å². The highest BCUT2D eigenvalue weighted by Gasteiger charge is 2.10. The fraction of sp³-hybridized carbons (Fsp3) is 0.250. The molecule has 0 aliphatic rings. The van der Waals surface area contributed by atoms with Gasteiger partial charge in [0.25, 0.3) is 0 Å². The number of ether oxygens (including phenoxy) is 1. The van der Waals surface area contributed by atoms with Crippen molar-refractivity contribution < 1.29 is 9.84 Å². The molecule has 2 aromatic heterocycles. The van der Waals surface area contributed by atoms with Gasteiger partial charge >= 0.3 is 0 Å². The fourth-order valence-corrected chi connectivity index (χ4v) is 2.08. The van der Waals surface area contributed by atoms with Crippen molar-refractivity contribution in [2.45, 2.75) is 6.61 Å². The first-order valence-electron chi connectivity index (χ1n) is 3.95. The number of hydrogen-bond donors (Lipinski definition) is 2. The number of rotatable bonds is 2. The minimum absolute atomic E-state index is 0.00984. The minimum Gasteiger partial charge on any atom is -0.480 e. The molecule has 74 valence electrons. The van der Waals surface area contributed by atoms with Gasteiger partial charge in [0, 0.05) is 4.88 Å². The van der Waals surface area contributed by atoms with E-state index in [0.717, 1.165) is 15.1 Å². The zero-order valence-corrected chi connectivity index (χ0v) is 8.34. The van der Waals surface area contributed by atoms with E-state index in [0.29, 0.717) is 5.88 Å². The number of fused-ring (bicyclic) bond motifs is 1. The molecular formula is C8H9N3O2S. The molecule has 0 saturated carbocycles. The average molecular weight is 211 g/mol. The Morgan fingerprint density at radius 3 is 3.00 bits per heavy atom. The predicted octanol–water partition coefficient (Wildman–Crippen LogP) is 0.774. The second-order valence-electron chi connectivity index (χ2n) is 2.68. The van der Waals surface area contributed by atoms with Crippen LogP contribution in [0.25, 0.3) is 10.2 Å². The van der Waals surface area contributed by atoms with Crippen molar-refractivity contribution >= 4 is 27.5 Å². The van der Waals surface area contributed by atoms with Gasteiger partial charge in [-0.3, -0.25) is 0 Å². The van der Waals surface area contributed by atoms with Gasteiger partial charge < -0.3 is 15.6 Å². The van der Waals surface area contributed by atoms with Crippen molar-refractivity contribution in [1.82, 2.24) is 9.97 Å². The molecule has 3 N–H and O–H groups in total. The van der Waals surface area contributed by atoms with Gasteiger partial charge in [0.2, 0.25) is 11.8 Å². The van der Waals surface area contributed by atoms with Gasteiger partial charge in [-0.15, -0.1) is 11.3 Å². The van der Waals surface area contributed by atoms with Crippen molar-refractivity contribution in [3.8, 4) is 5.88 Å². The van der Waals surface area contributed by atoms with Crippen molar-refractivity contribution in [3.63, 3.8) is 0 Å². The van der Waals surface area contributed by atoms with Crippen LogP contribution in [-0.4, -0.2) is 22.2 Å². The van der Waals surface area contributed by atoms with E-state index in [9.17, 15) is 0 Å². The first-order valence-corrected chi connectivity index (χ1v) is 4.77. The Hall–Kier alpha value is -1.40. The predicted molar refractivity (Wildman–Crippen MR) is 54.3 cm³/mol. The Balaban J connectivity index is 2.71. The Labute approximate surface area is 84.2 Å². The van der Waals surface area contributed by atoms with Crippen molar-refractivity contribution in [3.05, 3.63) is 10.9 Å². The van der Waals surface area contributed by atoms with Crippen molar-refractivity contribution in [2.75, 3.05) is 12.8 Å². The lowest BCUT2D eigenvalue weighted by Crippen LogP contribution is -1.96. The van der Waals surface area contributed by atoms with E-state index < -0.39 is 0 Å². The van der Waals surface area contributed by atoms with E-state index in [-0.39, 0.29) is 12.6 Å². The van der Waals surface area contributed by atoms with Crippen LogP contribution in [0.5, 0.6) is 5.88 Å². The molecule has 0 saturated heterocycles. The molecule has 6 heteroatoms. The molecule has 0 radical (unpaired) electrons. The van der Waals surface area contributed by atoms with E-state index in [4.69, 9.17) is 15.6 Å². The Bertz CT molecular complexity index is 469. The molecule has 2 heterocycles. The summed E-state index contributed by atoms with van der Waals surface area (Å²) in [6, 6.07) is 1.80. The number of aliphatic hydroxyl groups excluding tert-OH is 1. The maximum atomic E-state index is 8.96. The Morgan fingerprint density at radius 1 is 1.57 bits per heavy atom. The van der Waals surface area contributed by atoms with Gasteiger partial charge in [-0.2, -0.15) is 4.98 Å². The van der Waals surface area contributed by atoms with Crippen LogP contribution in [0, 0.1) is 0 Å². The molecule has 0 aliphatic heterocycles. The molecule has 0 bridgehead atoms. The van der Waals surface area contributed by atoms with Crippen LogP contribution in [0.4, 0.5) is 5.95 Å². The van der Waals surface area contributed by atoms with Crippen LogP contribution in [0.3, 0.4) is 0 Å². The highest BCUT2D eigenvalue weighted by atomic mass is 32.1.